The molecule has 25 heavy (non-hydrogen) atoms. The second-order valence-corrected chi connectivity index (χ2v) is 8.10. The lowest BCUT2D eigenvalue weighted by molar-refractivity contribution is -0.170. The average molecular weight is 347 g/mol. The number of anilines is 1. The predicted molar refractivity (Wildman–Crippen MR) is 98.0 cm³/mol. The minimum Gasteiger partial charge on any atom is -0.476 e. The van der Waals surface area contributed by atoms with E-state index in [1.807, 2.05) is 45.0 Å². The van der Waals surface area contributed by atoms with E-state index in [4.69, 9.17) is 9.47 Å². The highest BCUT2D eigenvalue weighted by Gasteiger charge is 2.35. The van der Waals surface area contributed by atoms with E-state index in [0.717, 1.165) is 37.9 Å². The Bertz CT molecular complexity index is 618. The van der Waals surface area contributed by atoms with Crippen LogP contribution in [0.1, 0.15) is 47.5 Å². The van der Waals surface area contributed by atoms with Crippen LogP contribution in [-0.4, -0.2) is 36.5 Å². The van der Waals surface area contributed by atoms with Gasteiger partial charge in [0.15, 0.2) is 5.60 Å². The van der Waals surface area contributed by atoms with Gasteiger partial charge in [-0.3, -0.25) is 0 Å². The SMILES string of the molecule is CC(C)(C)OC(=O)C(C)(C)Oc1cccc(N2CCCC(C=O)C2)c1. The van der Waals surface area contributed by atoms with Gasteiger partial charge in [0.2, 0.25) is 0 Å². The number of hydrogen-bond donors (Lipinski definition) is 0. The number of carbonyl (C=O) groups excluding carboxylic acids is 2. The Hall–Kier alpha value is -2.04. The second kappa shape index (κ2) is 7.46. The molecule has 5 heteroatoms. The van der Waals surface area contributed by atoms with Crippen LogP contribution in [0.15, 0.2) is 24.3 Å². The lowest BCUT2D eigenvalue weighted by Gasteiger charge is -2.33. The number of rotatable bonds is 5. The first-order valence-corrected chi connectivity index (χ1v) is 8.83. The summed E-state index contributed by atoms with van der Waals surface area (Å²) in [7, 11) is 0. The number of hydrogen-bond acceptors (Lipinski definition) is 5. The molecular weight excluding hydrogens is 318 g/mol. The zero-order valence-corrected chi connectivity index (χ0v) is 15.9. The van der Waals surface area contributed by atoms with Crippen LogP contribution in [0, 0.1) is 5.92 Å². The third-order valence-electron chi connectivity index (χ3n) is 4.10. The van der Waals surface area contributed by atoms with E-state index in [9.17, 15) is 9.59 Å². The van der Waals surface area contributed by atoms with Crippen LogP contribution < -0.4 is 9.64 Å². The zero-order valence-electron chi connectivity index (χ0n) is 15.9. The van der Waals surface area contributed by atoms with Gasteiger partial charge in [0, 0.05) is 30.8 Å². The Morgan fingerprint density at radius 1 is 1.24 bits per heavy atom. The monoisotopic (exact) mass is 347 g/mol. The summed E-state index contributed by atoms with van der Waals surface area (Å²) in [4.78, 5) is 25.6. The Morgan fingerprint density at radius 3 is 2.60 bits per heavy atom. The summed E-state index contributed by atoms with van der Waals surface area (Å²) in [6.07, 6.45) is 2.98. The molecule has 1 saturated heterocycles. The molecule has 0 aromatic heterocycles. The van der Waals surface area contributed by atoms with Crippen LogP contribution in [0.4, 0.5) is 5.69 Å². The topological polar surface area (TPSA) is 55.8 Å². The van der Waals surface area contributed by atoms with E-state index >= 15 is 0 Å². The molecule has 1 aromatic rings. The summed E-state index contributed by atoms with van der Waals surface area (Å²) in [5, 5.41) is 0. The van der Waals surface area contributed by atoms with Crippen molar-refractivity contribution in [3.05, 3.63) is 24.3 Å². The third-order valence-corrected chi connectivity index (χ3v) is 4.10. The van der Waals surface area contributed by atoms with E-state index in [2.05, 4.69) is 4.90 Å². The number of aldehydes is 1. The van der Waals surface area contributed by atoms with E-state index in [1.54, 1.807) is 13.8 Å². The van der Waals surface area contributed by atoms with Crippen molar-refractivity contribution in [1.82, 2.24) is 0 Å². The minimum absolute atomic E-state index is 0.0801. The van der Waals surface area contributed by atoms with Crippen molar-refractivity contribution in [2.45, 2.75) is 58.7 Å². The Morgan fingerprint density at radius 2 is 1.96 bits per heavy atom. The van der Waals surface area contributed by atoms with Crippen molar-refractivity contribution >= 4 is 17.9 Å². The van der Waals surface area contributed by atoms with Gasteiger partial charge in [-0.25, -0.2) is 4.79 Å². The second-order valence-electron chi connectivity index (χ2n) is 8.10. The standard InChI is InChI=1S/C20H29NO4/c1-19(2,3)25-18(23)20(4,5)24-17-10-6-9-16(12-17)21-11-7-8-15(13-21)14-22/h6,9-10,12,14-15H,7-8,11,13H2,1-5H3. The van der Waals surface area contributed by atoms with Gasteiger partial charge in [-0.15, -0.1) is 0 Å². The van der Waals surface area contributed by atoms with Crippen molar-refractivity contribution in [3.63, 3.8) is 0 Å². The third kappa shape index (κ3) is 5.48. The van der Waals surface area contributed by atoms with Crippen LogP contribution in [0.3, 0.4) is 0 Å². The van der Waals surface area contributed by atoms with Crippen LogP contribution in [0.5, 0.6) is 5.75 Å². The minimum atomic E-state index is -1.08. The molecule has 0 radical (unpaired) electrons. The fourth-order valence-corrected chi connectivity index (χ4v) is 2.84. The Kier molecular flexibility index (Phi) is 5.76. The highest BCUT2D eigenvalue weighted by atomic mass is 16.6. The molecule has 1 atom stereocenters. The summed E-state index contributed by atoms with van der Waals surface area (Å²) >= 11 is 0. The number of benzene rings is 1. The smallest absolute Gasteiger partial charge is 0.350 e. The van der Waals surface area contributed by atoms with Crippen LogP contribution in [-0.2, 0) is 14.3 Å². The highest BCUT2D eigenvalue weighted by Crippen LogP contribution is 2.28. The van der Waals surface area contributed by atoms with E-state index in [1.165, 1.54) is 0 Å². The molecule has 138 valence electrons. The van der Waals surface area contributed by atoms with Crippen LogP contribution in [0.2, 0.25) is 0 Å². The fraction of sp³-hybridized carbons (Fsp3) is 0.600. The van der Waals surface area contributed by atoms with E-state index in [0.29, 0.717) is 5.75 Å². The molecule has 1 aliphatic heterocycles. The number of carbonyl (C=O) groups is 2. The van der Waals surface area contributed by atoms with Crippen LogP contribution >= 0.6 is 0 Å². The zero-order chi connectivity index (χ0) is 18.7. The molecule has 0 N–H and O–H groups in total. The molecule has 2 rings (SSSR count). The summed E-state index contributed by atoms with van der Waals surface area (Å²) in [5.74, 6) is 0.294. The molecule has 1 unspecified atom stereocenters. The highest BCUT2D eigenvalue weighted by molar-refractivity contribution is 5.79. The van der Waals surface area contributed by atoms with Gasteiger partial charge in [-0.2, -0.15) is 0 Å². The molecular formula is C20H29NO4. The van der Waals surface area contributed by atoms with Crippen molar-refractivity contribution in [1.29, 1.82) is 0 Å². The molecule has 5 nitrogen and oxygen atoms in total. The average Bonchev–Trinajstić information content (AvgIpc) is 2.53. The lowest BCUT2D eigenvalue weighted by Crippen LogP contribution is -2.43. The Labute approximate surface area is 150 Å². The molecule has 1 aliphatic rings. The van der Waals surface area contributed by atoms with E-state index < -0.39 is 17.2 Å². The van der Waals surface area contributed by atoms with Gasteiger partial charge in [0.25, 0.3) is 0 Å². The largest absolute Gasteiger partial charge is 0.476 e. The molecule has 0 bridgehead atoms. The molecule has 0 saturated carbocycles. The molecule has 0 aliphatic carbocycles. The maximum Gasteiger partial charge on any atom is 0.350 e. The molecule has 1 fully saturated rings. The summed E-state index contributed by atoms with van der Waals surface area (Å²) < 4.78 is 11.4. The van der Waals surface area contributed by atoms with Gasteiger partial charge in [-0.1, -0.05) is 6.07 Å². The van der Waals surface area contributed by atoms with Gasteiger partial charge in [0.05, 0.1) is 0 Å². The summed E-state index contributed by atoms with van der Waals surface area (Å²) in [6, 6.07) is 7.65. The Balaban J connectivity index is 2.10. The lowest BCUT2D eigenvalue weighted by atomic mass is 9.99. The van der Waals surface area contributed by atoms with Crippen LogP contribution in [0.25, 0.3) is 0 Å². The molecule has 1 aromatic carbocycles. The molecule has 0 spiro atoms. The van der Waals surface area contributed by atoms with Gasteiger partial charge >= 0.3 is 5.97 Å². The van der Waals surface area contributed by atoms with Crippen molar-refractivity contribution in [2.24, 2.45) is 5.92 Å². The van der Waals surface area contributed by atoms with Gasteiger partial charge in [0.1, 0.15) is 17.6 Å². The number of ether oxygens (including phenoxy) is 2. The van der Waals surface area contributed by atoms with Gasteiger partial charge in [-0.05, 0) is 59.6 Å². The summed E-state index contributed by atoms with van der Waals surface area (Å²) in [5.41, 5.74) is -0.639. The van der Waals surface area contributed by atoms with Crippen molar-refractivity contribution in [2.75, 3.05) is 18.0 Å². The van der Waals surface area contributed by atoms with E-state index in [-0.39, 0.29) is 5.92 Å². The molecule has 1 heterocycles. The predicted octanol–water partition coefficient (Wildman–Crippen LogP) is 3.60. The maximum atomic E-state index is 12.4. The van der Waals surface area contributed by atoms with Crippen molar-refractivity contribution < 1.29 is 19.1 Å². The fourth-order valence-electron chi connectivity index (χ4n) is 2.84. The number of esters is 1. The quantitative estimate of drug-likeness (QED) is 0.602. The normalized spacial score (nSPS) is 18.6. The first-order valence-electron chi connectivity index (χ1n) is 8.83. The first-order chi connectivity index (χ1) is 11.6. The maximum absolute atomic E-state index is 12.4. The van der Waals surface area contributed by atoms with Crippen molar-refractivity contribution in [3.8, 4) is 5.75 Å². The summed E-state index contributed by atoms with van der Waals surface area (Å²) in [6.45, 7) is 10.6. The number of piperidine rings is 1. The first kappa shape index (κ1) is 19.3. The van der Waals surface area contributed by atoms with Gasteiger partial charge < -0.3 is 19.2 Å². The number of nitrogens with zero attached hydrogens (tertiary/aromatic N) is 1. The molecule has 0 amide bonds.